The van der Waals surface area contributed by atoms with Gasteiger partial charge in [0.2, 0.25) is 5.95 Å². The van der Waals surface area contributed by atoms with Crippen LogP contribution in [0.25, 0.3) is 27.9 Å². The number of hydrogen-bond acceptors (Lipinski definition) is 7. The highest BCUT2D eigenvalue weighted by atomic mass is 32.1. The molecule has 0 aliphatic rings. The molecule has 0 amide bonds. The number of aromatic nitrogens is 4. The van der Waals surface area contributed by atoms with Gasteiger partial charge in [0, 0.05) is 21.2 Å². The third-order valence-corrected chi connectivity index (χ3v) is 5.20. The molecule has 1 unspecified atom stereocenters. The van der Waals surface area contributed by atoms with Crippen molar-refractivity contribution in [3.05, 3.63) is 40.6 Å². The van der Waals surface area contributed by atoms with E-state index in [1.807, 2.05) is 36.6 Å². The summed E-state index contributed by atoms with van der Waals surface area (Å²) in [5, 5.41) is 20.6. The van der Waals surface area contributed by atoms with Crippen molar-refractivity contribution in [1.29, 1.82) is 0 Å². The van der Waals surface area contributed by atoms with Gasteiger partial charge in [-0.3, -0.25) is 0 Å². The summed E-state index contributed by atoms with van der Waals surface area (Å²) in [5.41, 5.74) is 8.19. The highest BCUT2D eigenvalue weighted by Gasteiger charge is 2.19. The maximum absolute atomic E-state index is 9.79. The van der Waals surface area contributed by atoms with E-state index >= 15 is 0 Å². The topological polar surface area (TPSA) is 101 Å². The third kappa shape index (κ3) is 2.92. The molecule has 0 saturated heterocycles. The SMILES string of the molecule is CC[C@@H](Nc1nc2ccccc2c2nc(-c3csc(C)c3)nn12)C(N)O. The molecule has 4 aromatic rings. The molecule has 8 heteroatoms. The summed E-state index contributed by atoms with van der Waals surface area (Å²) in [6.07, 6.45) is -0.343. The molecule has 0 aliphatic carbocycles. The molecule has 4 rings (SSSR count). The lowest BCUT2D eigenvalue weighted by atomic mass is 10.2. The molecule has 0 spiro atoms. The highest BCUT2D eigenvalue weighted by Crippen LogP contribution is 2.27. The normalized spacial score (nSPS) is 14.0. The molecule has 3 aromatic heterocycles. The van der Waals surface area contributed by atoms with Gasteiger partial charge in [-0.25, -0.2) is 9.97 Å². The van der Waals surface area contributed by atoms with Gasteiger partial charge < -0.3 is 16.2 Å². The second-order valence-electron chi connectivity index (χ2n) is 6.22. The minimum absolute atomic E-state index is 0.331. The molecule has 1 aromatic carbocycles. The van der Waals surface area contributed by atoms with Gasteiger partial charge in [-0.2, -0.15) is 4.52 Å². The Kier molecular flexibility index (Phi) is 4.31. The molecule has 0 saturated carbocycles. The van der Waals surface area contributed by atoms with Crippen molar-refractivity contribution in [3.8, 4) is 11.4 Å². The number of nitrogens with one attached hydrogen (secondary N) is 1. The summed E-state index contributed by atoms with van der Waals surface area (Å²) >= 11 is 1.67. The van der Waals surface area contributed by atoms with Crippen molar-refractivity contribution in [2.45, 2.75) is 32.5 Å². The van der Waals surface area contributed by atoms with Gasteiger partial charge >= 0.3 is 0 Å². The summed E-state index contributed by atoms with van der Waals surface area (Å²) in [4.78, 5) is 10.6. The predicted molar refractivity (Wildman–Crippen MR) is 104 cm³/mol. The van der Waals surface area contributed by atoms with Gasteiger partial charge in [-0.05, 0) is 31.5 Å². The second-order valence-corrected chi connectivity index (χ2v) is 7.33. The van der Waals surface area contributed by atoms with E-state index in [0.717, 1.165) is 22.1 Å². The maximum atomic E-state index is 9.79. The van der Waals surface area contributed by atoms with E-state index in [1.165, 1.54) is 4.88 Å². The second kappa shape index (κ2) is 6.64. The van der Waals surface area contributed by atoms with Crippen LogP contribution in [0.3, 0.4) is 0 Å². The Morgan fingerprint density at radius 2 is 2.12 bits per heavy atom. The first-order chi connectivity index (χ1) is 12.6. The number of thiophene rings is 1. The van der Waals surface area contributed by atoms with Crippen LogP contribution in [0, 0.1) is 6.92 Å². The Morgan fingerprint density at radius 1 is 1.31 bits per heavy atom. The van der Waals surface area contributed by atoms with Gasteiger partial charge in [0.1, 0.15) is 6.23 Å². The predicted octanol–water partition coefficient (Wildman–Crippen LogP) is 2.78. The van der Waals surface area contributed by atoms with Crippen molar-refractivity contribution >= 4 is 33.8 Å². The molecule has 7 nitrogen and oxygen atoms in total. The zero-order valence-electron chi connectivity index (χ0n) is 14.5. The largest absolute Gasteiger partial charge is 0.377 e. The molecule has 3 heterocycles. The zero-order chi connectivity index (χ0) is 18.3. The van der Waals surface area contributed by atoms with E-state index in [9.17, 15) is 5.11 Å². The monoisotopic (exact) mass is 368 g/mol. The van der Waals surface area contributed by atoms with Gasteiger partial charge in [0.05, 0.1) is 11.6 Å². The van der Waals surface area contributed by atoms with Gasteiger partial charge in [-0.1, -0.05) is 19.1 Å². The van der Waals surface area contributed by atoms with Crippen molar-refractivity contribution in [3.63, 3.8) is 0 Å². The number of fused-ring (bicyclic) bond motifs is 3. The number of nitrogens with zero attached hydrogens (tertiary/aromatic N) is 4. The minimum atomic E-state index is -0.995. The Labute approximate surface area is 154 Å². The number of aliphatic hydroxyl groups is 1. The minimum Gasteiger partial charge on any atom is -0.377 e. The van der Waals surface area contributed by atoms with Crippen molar-refractivity contribution < 1.29 is 5.11 Å². The highest BCUT2D eigenvalue weighted by molar-refractivity contribution is 7.10. The summed E-state index contributed by atoms with van der Waals surface area (Å²) in [6.45, 7) is 4.01. The number of para-hydroxylation sites is 1. The first-order valence-corrected chi connectivity index (χ1v) is 9.36. The van der Waals surface area contributed by atoms with Gasteiger partial charge in [0.15, 0.2) is 11.5 Å². The van der Waals surface area contributed by atoms with Crippen LogP contribution in [0.5, 0.6) is 0 Å². The van der Waals surface area contributed by atoms with Crippen LogP contribution < -0.4 is 11.1 Å². The summed E-state index contributed by atoms with van der Waals surface area (Å²) in [5.74, 6) is 1.16. The number of benzene rings is 1. The summed E-state index contributed by atoms with van der Waals surface area (Å²) in [6, 6.07) is 9.55. The number of hydrogen-bond donors (Lipinski definition) is 3. The number of aryl methyl sites for hydroxylation is 1. The molecule has 4 N–H and O–H groups in total. The van der Waals surface area contributed by atoms with Crippen molar-refractivity contribution in [1.82, 2.24) is 19.6 Å². The van der Waals surface area contributed by atoms with Gasteiger partial charge in [-0.15, -0.1) is 16.4 Å². The van der Waals surface area contributed by atoms with E-state index in [0.29, 0.717) is 18.2 Å². The zero-order valence-corrected chi connectivity index (χ0v) is 15.4. The Bertz CT molecular complexity index is 1070. The standard InChI is InChI=1S/C18H20N6OS/c1-3-13(15(19)25)20-18-21-14-7-5-4-6-12(14)17-22-16(23-24(17)18)11-8-10(2)26-9-11/h4-9,13,15,25H,3,19H2,1-2H3,(H,20,21)/t13-,15?/m1/s1. The van der Waals surface area contributed by atoms with E-state index in [2.05, 4.69) is 28.4 Å². The Hall–Kier alpha value is -2.55. The molecule has 0 fully saturated rings. The molecule has 0 bridgehead atoms. The molecular weight excluding hydrogens is 348 g/mol. The average Bonchev–Trinajstić information content (AvgIpc) is 3.25. The van der Waals surface area contributed by atoms with Crippen LogP contribution in [0.2, 0.25) is 0 Å². The first kappa shape index (κ1) is 16.9. The first-order valence-electron chi connectivity index (χ1n) is 8.48. The van der Waals surface area contributed by atoms with E-state index < -0.39 is 6.23 Å². The van der Waals surface area contributed by atoms with Crippen LogP contribution in [0.4, 0.5) is 5.95 Å². The fraction of sp³-hybridized carbons (Fsp3) is 0.278. The van der Waals surface area contributed by atoms with Crippen LogP contribution in [0.15, 0.2) is 35.7 Å². The lowest BCUT2D eigenvalue weighted by Gasteiger charge is -2.20. The fourth-order valence-electron chi connectivity index (χ4n) is 2.93. The Balaban J connectivity index is 1.93. The van der Waals surface area contributed by atoms with Crippen LogP contribution in [0.1, 0.15) is 18.2 Å². The Morgan fingerprint density at radius 3 is 2.81 bits per heavy atom. The van der Waals surface area contributed by atoms with Crippen LogP contribution in [-0.2, 0) is 0 Å². The smallest absolute Gasteiger partial charge is 0.226 e. The number of rotatable bonds is 5. The molecule has 0 aliphatic heterocycles. The molecule has 0 radical (unpaired) electrons. The number of nitrogens with two attached hydrogens (primary N) is 1. The van der Waals surface area contributed by atoms with Crippen LogP contribution >= 0.6 is 11.3 Å². The molecule has 134 valence electrons. The third-order valence-electron chi connectivity index (χ3n) is 4.33. The number of aliphatic hydroxyl groups excluding tert-OH is 1. The lowest BCUT2D eigenvalue weighted by Crippen LogP contribution is -2.40. The lowest BCUT2D eigenvalue weighted by molar-refractivity contribution is 0.157. The van der Waals surface area contributed by atoms with E-state index in [4.69, 9.17) is 10.7 Å². The fourth-order valence-corrected chi connectivity index (χ4v) is 3.61. The van der Waals surface area contributed by atoms with E-state index in [-0.39, 0.29) is 6.04 Å². The summed E-state index contributed by atoms with van der Waals surface area (Å²) < 4.78 is 1.69. The summed E-state index contributed by atoms with van der Waals surface area (Å²) in [7, 11) is 0. The van der Waals surface area contributed by atoms with Crippen molar-refractivity contribution in [2.24, 2.45) is 5.73 Å². The number of anilines is 1. The maximum Gasteiger partial charge on any atom is 0.226 e. The van der Waals surface area contributed by atoms with Crippen LogP contribution in [-0.4, -0.2) is 37.0 Å². The van der Waals surface area contributed by atoms with E-state index in [1.54, 1.807) is 15.9 Å². The average molecular weight is 368 g/mol. The molecular formula is C18H20N6OS. The molecule has 2 atom stereocenters. The van der Waals surface area contributed by atoms with Gasteiger partial charge in [0.25, 0.3) is 0 Å². The molecule has 26 heavy (non-hydrogen) atoms. The quantitative estimate of drug-likeness (QED) is 0.468. The van der Waals surface area contributed by atoms with Crippen molar-refractivity contribution in [2.75, 3.05) is 5.32 Å².